The number of anilines is 2. The van der Waals surface area contributed by atoms with Crippen molar-refractivity contribution in [3.05, 3.63) is 70.7 Å². The van der Waals surface area contributed by atoms with Gasteiger partial charge in [0.25, 0.3) is 15.9 Å². The van der Waals surface area contributed by atoms with E-state index in [9.17, 15) is 31.5 Å². The van der Waals surface area contributed by atoms with Crippen molar-refractivity contribution in [2.24, 2.45) is 0 Å². The summed E-state index contributed by atoms with van der Waals surface area (Å²) in [5.74, 6) is -2.84. The van der Waals surface area contributed by atoms with E-state index in [4.69, 9.17) is 21.1 Å². The Bertz CT molecular complexity index is 1910. The maximum absolute atomic E-state index is 15.4. The molecule has 2 aliphatic rings. The third kappa shape index (κ3) is 6.11. The maximum Gasteiger partial charge on any atom is 0.573 e. The number of benzene rings is 3. The number of alkyl halides is 3. The van der Waals surface area contributed by atoms with Crippen molar-refractivity contribution >= 4 is 44.8 Å². The van der Waals surface area contributed by atoms with Crippen molar-refractivity contribution in [2.45, 2.75) is 35.4 Å². The smallest absolute Gasteiger partial charge is 0.497 e. The molecule has 2 amide bonds. The Morgan fingerprint density at radius 2 is 1.67 bits per heavy atom. The van der Waals surface area contributed by atoms with Gasteiger partial charge in [-0.1, -0.05) is 17.7 Å². The van der Waals surface area contributed by atoms with Gasteiger partial charge in [0.2, 0.25) is 5.91 Å². The maximum atomic E-state index is 15.4. The lowest BCUT2D eigenvalue weighted by Gasteiger charge is -2.42. The predicted molar refractivity (Wildman–Crippen MR) is 174 cm³/mol. The Labute approximate surface area is 286 Å². The van der Waals surface area contributed by atoms with Crippen LogP contribution in [0.25, 0.3) is 0 Å². The Morgan fingerprint density at radius 1 is 0.980 bits per heavy atom. The van der Waals surface area contributed by atoms with Crippen LogP contribution < -0.4 is 23.4 Å². The molecule has 0 bridgehead atoms. The number of fused-ring (bicyclic) bond motifs is 1. The monoisotopic (exact) mass is 726 g/mol. The normalized spacial score (nSPS) is 21.0. The molecular formula is C32H34ClF3N4O8S. The van der Waals surface area contributed by atoms with Crippen LogP contribution in [-0.2, 0) is 25.2 Å². The predicted octanol–water partition coefficient (Wildman–Crippen LogP) is 3.82. The van der Waals surface area contributed by atoms with Gasteiger partial charge in [-0.25, -0.2) is 12.7 Å². The van der Waals surface area contributed by atoms with Crippen LogP contribution in [0.15, 0.2) is 59.5 Å². The summed E-state index contributed by atoms with van der Waals surface area (Å²) in [6.45, 7) is -0.278. The molecule has 1 N–H and O–H groups in total. The number of aliphatic hydroxyl groups excluding tert-OH is 1. The molecule has 1 fully saturated rings. The molecule has 12 nitrogen and oxygen atoms in total. The molecule has 0 saturated carbocycles. The fraction of sp³-hybridized carbons (Fsp3) is 0.375. The molecule has 0 aromatic heterocycles. The van der Waals surface area contributed by atoms with Crippen molar-refractivity contribution in [2.75, 3.05) is 58.2 Å². The first-order valence-corrected chi connectivity index (χ1v) is 16.6. The van der Waals surface area contributed by atoms with E-state index in [2.05, 4.69) is 4.74 Å². The number of rotatable bonds is 9. The van der Waals surface area contributed by atoms with Gasteiger partial charge in [0.15, 0.2) is 11.3 Å². The summed E-state index contributed by atoms with van der Waals surface area (Å²) >= 11 is 6.50. The number of β-amino-alcohol motifs (C(OH)–C–C–N with tert-alkyl or cyclic N) is 1. The van der Waals surface area contributed by atoms with E-state index < -0.39 is 56.5 Å². The lowest BCUT2D eigenvalue weighted by atomic mass is 9.80. The molecule has 5 rings (SSSR count). The third-order valence-electron chi connectivity index (χ3n) is 8.48. The number of sulfonamides is 1. The zero-order chi connectivity index (χ0) is 36.2. The topological polar surface area (TPSA) is 129 Å². The molecule has 0 radical (unpaired) electrons. The third-order valence-corrected chi connectivity index (χ3v) is 10.5. The minimum atomic E-state index is -5.31. The number of nitrogens with zero attached hydrogens (tertiary/aromatic N) is 4. The van der Waals surface area contributed by atoms with Crippen LogP contribution in [0.5, 0.6) is 17.2 Å². The number of likely N-dealkylation sites (N-methyl/N-ethyl adjacent to an activating group) is 1. The summed E-state index contributed by atoms with van der Waals surface area (Å²) in [6, 6.07) is 10.3. The van der Waals surface area contributed by atoms with Crippen molar-refractivity contribution in [1.82, 2.24) is 9.80 Å². The Hall–Kier alpha value is -4.25. The number of hydrogen-bond acceptors (Lipinski definition) is 10. The summed E-state index contributed by atoms with van der Waals surface area (Å²) in [5, 5.41) is 11.1. The van der Waals surface area contributed by atoms with Crippen LogP contribution in [0.1, 0.15) is 17.5 Å². The molecular weight excluding hydrogens is 693 g/mol. The second-order valence-corrected chi connectivity index (χ2v) is 14.1. The van der Waals surface area contributed by atoms with Crippen molar-refractivity contribution in [3.63, 3.8) is 0 Å². The minimum Gasteiger partial charge on any atom is -0.497 e. The number of aliphatic hydroxyl groups is 1. The van der Waals surface area contributed by atoms with Gasteiger partial charge < -0.3 is 29.1 Å². The molecule has 0 aliphatic carbocycles. The van der Waals surface area contributed by atoms with Gasteiger partial charge in [0.05, 0.1) is 32.1 Å². The van der Waals surface area contributed by atoms with Gasteiger partial charge in [-0.15, -0.1) is 13.2 Å². The first kappa shape index (κ1) is 36.0. The van der Waals surface area contributed by atoms with Gasteiger partial charge in [-0.2, -0.15) is 0 Å². The Kier molecular flexibility index (Phi) is 9.48. The molecule has 3 atom stereocenters. The molecule has 0 spiro atoms. The van der Waals surface area contributed by atoms with Crippen molar-refractivity contribution in [3.8, 4) is 17.2 Å². The fourth-order valence-corrected chi connectivity index (χ4v) is 8.11. The van der Waals surface area contributed by atoms with Gasteiger partial charge in [0.1, 0.15) is 16.4 Å². The zero-order valence-electron chi connectivity index (χ0n) is 27.3. The second-order valence-electron chi connectivity index (χ2n) is 11.9. The highest BCUT2D eigenvalue weighted by atomic mass is 35.5. The average Bonchev–Trinajstić information content (AvgIpc) is 3.53. The molecule has 1 unspecified atom stereocenters. The lowest BCUT2D eigenvalue weighted by molar-refractivity contribution is -0.275. The average molecular weight is 727 g/mol. The number of methoxy groups -OCH3 is 2. The minimum absolute atomic E-state index is 0.0121. The van der Waals surface area contributed by atoms with E-state index >= 15 is 4.79 Å². The molecule has 1 saturated heterocycles. The summed E-state index contributed by atoms with van der Waals surface area (Å²) in [7, 11) is 3.81. The number of likely N-dealkylation sites (tertiary alicyclic amines) is 1. The van der Waals surface area contributed by atoms with Crippen LogP contribution in [0.2, 0.25) is 5.02 Å². The number of halogens is 4. The van der Waals surface area contributed by atoms with Crippen LogP contribution in [0.3, 0.4) is 0 Å². The van der Waals surface area contributed by atoms with Crippen LogP contribution >= 0.6 is 11.6 Å². The number of ether oxygens (including phenoxy) is 3. The number of carbonyl (C=O) groups excluding carboxylic acids is 2. The van der Waals surface area contributed by atoms with Gasteiger partial charge >= 0.3 is 6.36 Å². The second kappa shape index (κ2) is 12.9. The van der Waals surface area contributed by atoms with Crippen molar-refractivity contribution < 1.29 is 50.5 Å². The number of carbonyl (C=O) groups is 2. The zero-order valence-corrected chi connectivity index (χ0v) is 28.9. The van der Waals surface area contributed by atoms with Gasteiger partial charge in [-0.3, -0.25) is 14.5 Å². The van der Waals surface area contributed by atoms with Crippen LogP contribution in [0, 0.1) is 0 Å². The van der Waals surface area contributed by atoms with E-state index in [0.717, 1.165) is 18.2 Å². The first-order valence-electron chi connectivity index (χ1n) is 14.7. The van der Waals surface area contributed by atoms with Crippen LogP contribution in [0.4, 0.5) is 24.5 Å². The Morgan fingerprint density at radius 3 is 2.27 bits per heavy atom. The molecule has 49 heavy (non-hydrogen) atoms. The van der Waals surface area contributed by atoms with Gasteiger partial charge in [0, 0.05) is 68.7 Å². The number of hydrogen-bond donors (Lipinski definition) is 1. The molecule has 2 heterocycles. The molecule has 3 aromatic carbocycles. The molecule has 17 heteroatoms. The molecule has 3 aromatic rings. The highest BCUT2D eigenvalue weighted by Crippen LogP contribution is 2.55. The van der Waals surface area contributed by atoms with Gasteiger partial charge in [-0.05, 0) is 42.8 Å². The highest BCUT2D eigenvalue weighted by molar-refractivity contribution is 7.93. The Balaban J connectivity index is 1.88. The SMILES string of the molecule is COc1ccc(S(=O)(=O)N2C(=O)C(c3ccc(N(C)C)cc3OC)(N3C[C@H](O)C[C@H]3C(=O)N(C)C)c3cc(Cl)ccc32)c(OC(F)(F)F)c1. The summed E-state index contributed by atoms with van der Waals surface area (Å²) in [6.07, 6.45) is -6.56. The van der Waals surface area contributed by atoms with E-state index in [1.165, 1.54) is 56.3 Å². The highest BCUT2D eigenvalue weighted by Gasteiger charge is 2.64. The quantitative estimate of drug-likeness (QED) is 0.348. The summed E-state index contributed by atoms with van der Waals surface area (Å²) in [4.78, 5) is 32.5. The summed E-state index contributed by atoms with van der Waals surface area (Å²) < 4.78 is 85.3. The summed E-state index contributed by atoms with van der Waals surface area (Å²) in [5.41, 5.74) is -1.73. The van der Waals surface area contributed by atoms with Crippen LogP contribution in [-0.4, -0.2) is 103 Å². The van der Waals surface area contributed by atoms with E-state index in [1.807, 2.05) is 0 Å². The van der Waals surface area contributed by atoms with E-state index in [-0.39, 0.29) is 46.3 Å². The van der Waals surface area contributed by atoms with E-state index in [0.29, 0.717) is 9.99 Å². The van der Waals surface area contributed by atoms with E-state index in [1.54, 1.807) is 37.2 Å². The van der Waals surface area contributed by atoms with Crippen molar-refractivity contribution in [1.29, 1.82) is 0 Å². The standard InChI is InChI=1S/C32H34ClF3N4O8S/c1-37(2)19-8-10-22(26(14-19)47-6)31(39-17-20(41)15-25(39)29(42)38(3)4)23-13-18(33)7-11-24(23)40(30(31)43)49(44,45)28-12-9-21(46-5)16-27(28)48-32(34,35)36/h7-14,16,20,25,41H,15,17H2,1-6H3/t20-,25+,31?/m1/s1. The first-order chi connectivity index (χ1) is 22.9. The molecule has 2 aliphatic heterocycles. The largest absolute Gasteiger partial charge is 0.573 e. The fourth-order valence-electron chi connectivity index (χ4n) is 6.38. The molecule has 264 valence electrons. The lowest BCUT2D eigenvalue weighted by Crippen LogP contribution is -2.59. The number of amides is 2.